The standard InChI is InChI=1S/C15H16N2O4/c1-2-11(15(20)21)16-14(19)9-17-8-7-13(18)10-5-3-4-6-12(10)17/h3-8,11H,2,9H2,1H3,(H,16,19)(H,20,21). The monoisotopic (exact) mass is 288 g/mol. The van der Waals surface area contributed by atoms with Crippen LogP contribution in [0.4, 0.5) is 0 Å². The fourth-order valence-electron chi connectivity index (χ4n) is 2.13. The van der Waals surface area contributed by atoms with Gasteiger partial charge in [0.15, 0.2) is 5.43 Å². The van der Waals surface area contributed by atoms with Crippen LogP contribution in [0.3, 0.4) is 0 Å². The van der Waals surface area contributed by atoms with Gasteiger partial charge in [0.25, 0.3) is 0 Å². The summed E-state index contributed by atoms with van der Waals surface area (Å²) in [5.74, 6) is -1.46. The van der Waals surface area contributed by atoms with Gasteiger partial charge in [0.1, 0.15) is 12.6 Å². The first-order valence-corrected chi connectivity index (χ1v) is 6.63. The highest BCUT2D eigenvalue weighted by atomic mass is 16.4. The first kappa shape index (κ1) is 14.8. The Morgan fingerprint density at radius 3 is 2.67 bits per heavy atom. The van der Waals surface area contributed by atoms with Crippen LogP contribution in [-0.2, 0) is 16.1 Å². The largest absolute Gasteiger partial charge is 0.480 e. The Balaban J connectivity index is 2.24. The lowest BCUT2D eigenvalue weighted by molar-refractivity contribution is -0.142. The number of carbonyl (C=O) groups excluding carboxylic acids is 1. The van der Waals surface area contributed by atoms with Gasteiger partial charge in [-0.15, -0.1) is 0 Å². The number of carboxylic acids is 1. The van der Waals surface area contributed by atoms with Crippen LogP contribution in [0.5, 0.6) is 0 Å². The van der Waals surface area contributed by atoms with Gasteiger partial charge in [-0.05, 0) is 18.6 Å². The summed E-state index contributed by atoms with van der Waals surface area (Å²) in [6, 6.07) is 7.47. The zero-order valence-corrected chi connectivity index (χ0v) is 11.6. The molecule has 1 aromatic heterocycles. The molecule has 2 N–H and O–H groups in total. The van der Waals surface area contributed by atoms with E-state index in [4.69, 9.17) is 5.11 Å². The number of rotatable bonds is 5. The van der Waals surface area contributed by atoms with Crippen LogP contribution < -0.4 is 10.7 Å². The topological polar surface area (TPSA) is 88.4 Å². The molecule has 1 atom stereocenters. The van der Waals surface area contributed by atoms with E-state index in [1.165, 1.54) is 12.3 Å². The van der Waals surface area contributed by atoms with Crippen molar-refractivity contribution in [3.8, 4) is 0 Å². The van der Waals surface area contributed by atoms with E-state index in [0.717, 1.165) is 0 Å². The number of fused-ring (bicyclic) bond motifs is 1. The predicted molar refractivity (Wildman–Crippen MR) is 78.1 cm³/mol. The van der Waals surface area contributed by atoms with E-state index >= 15 is 0 Å². The number of aliphatic carboxylic acids is 1. The molecule has 6 nitrogen and oxygen atoms in total. The fraction of sp³-hybridized carbons (Fsp3) is 0.267. The van der Waals surface area contributed by atoms with Crippen molar-refractivity contribution in [3.63, 3.8) is 0 Å². The number of nitrogens with one attached hydrogen (secondary N) is 1. The summed E-state index contributed by atoms with van der Waals surface area (Å²) in [5, 5.41) is 11.9. The molecule has 0 aliphatic rings. The smallest absolute Gasteiger partial charge is 0.326 e. The van der Waals surface area contributed by atoms with Crippen LogP contribution in [0.1, 0.15) is 13.3 Å². The number of hydrogen-bond acceptors (Lipinski definition) is 3. The summed E-state index contributed by atoms with van der Waals surface area (Å²) in [5.41, 5.74) is 0.530. The maximum atomic E-state index is 11.9. The van der Waals surface area contributed by atoms with Crippen LogP contribution in [0.15, 0.2) is 41.3 Å². The van der Waals surface area contributed by atoms with Gasteiger partial charge < -0.3 is 15.0 Å². The highest BCUT2D eigenvalue weighted by Crippen LogP contribution is 2.09. The molecule has 1 heterocycles. The SMILES string of the molecule is CCC(NC(=O)Cn1ccc(=O)c2ccccc21)C(=O)O. The third kappa shape index (κ3) is 3.28. The molecule has 21 heavy (non-hydrogen) atoms. The van der Waals surface area contributed by atoms with E-state index in [0.29, 0.717) is 17.3 Å². The van der Waals surface area contributed by atoms with Gasteiger partial charge in [-0.2, -0.15) is 0 Å². The highest BCUT2D eigenvalue weighted by Gasteiger charge is 2.17. The summed E-state index contributed by atoms with van der Waals surface area (Å²) < 4.78 is 1.63. The first-order chi connectivity index (χ1) is 10.0. The normalized spacial score (nSPS) is 12.0. The Kier molecular flexibility index (Phi) is 4.37. The summed E-state index contributed by atoms with van der Waals surface area (Å²) in [4.78, 5) is 34.6. The Morgan fingerprint density at radius 2 is 2.00 bits per heavy atom. The van der Waals surface area contributed by atoms with Gasteiger partial charge in [-0.3, -0.25) is 9.59 Å². The third-order valence-electron chi connectivity index (χ3n) is 3.24. The molecule has 0 saturated carbocycles. The van der Waals surface area contributed by atoms with Gasteiger partial charge in [-0.25, -0.2) is 4.79 Å². The lowest BCUT2D eigenvalue weighted by atomic mass is 10.2. The number of benzene rings is 1. The maximum absolute atomic E-state index is 11.9. The first-order valence-electron chi connectivity index (χ1n) is 6.63. The molecule has 2 aromatic rings. The van der Waals surface area contributed by atoms with E-state index in [1.807, 2.05) is 0 Å². The molecule has 0 bridgehead atoms. The second kappa shape index (κ2) is 6.21. The average Bonchev–Trinajstić information content (AvgIpc) is 2.47. The zero-order valence-electron chi connectivity index (χ0n) is 11.6. The summed E-state index contributed by atoms with van der Waals surface area (Å²) in [6.07, 6.45) is 1.85. The lowest BCUT2D eigenvalue weighted by Crippen LogP contribution is -2.41. The molecule has 0 saturated heterocycles. The molecule has 0 fully saturated rings. The quantitative estimate of drug-likeness (QED) is 0.858. The number of aromatic nitrogens is 1. The molecule has 110 valence electrons. The molecule has 0 radical (unpaired) electrons. The maximum Gasteiger partial charge on any atom is 0.326 e. The number of hydrogen-bond donors (Lipinski definition) is 2. The summed E-state index contributed by atoms with van der Waals surface area (Å²) in [7, 11) is 0. The molecule has 0 spiro atoms. The van der Waals surface area contributed by atoms with Crippen LogP contribution in [0.25, 0.3) is 10.9 Å². The van der Waals surface area contributed by atoms with Crippen molar-refractivity contribution in [1.82, 2.24) is 9.88 Å². The van der Waals surface area contributed by atoms with Crippen molar-refractivity contribution < 1.29 is 14.7 Å². The minimum absolute atomic E-state index is 0.0371. The van der Waals surface area contributed by atoms with Crippen molar-refractivity contribution in [3.05, 3.63) is 46.8 Å². The van der Waals surface area contributed by atoms with E-state index in [-0.39, 0.29) is 12.0 Å². The Bertz CT molecular complexity index is 736. The molecule has 1 aromatic carbocycles. The molecule has 6 heteroatoms. The van der Waals surface area contributed by atoms with E-state index < -0.39 is 17.9 Å². The lowest BCUT2D eigenvalue weighted by Gasteiger charge is -2.14. The Hall–Kier alpha value is -2.63. The summed E-state index contributed by atoms with van der Waals surface area (Å²) in [6.45, 7) is 1.65. The molecule has 0 aliphatic carbocycles. The van der Waals surface area contributed by atoms with Crippen molar-refractivity contribution >= 4 is 22.8 Å². The van der Waals surface area contributed by atoms with Gasteiger partial charge >= 0.3 is 5.97 Å². The number of amides is 1. The van der Waals surface area contributed by atoms with Crippen molar-refractivity contribution in [2.75, 3.05) is 0 Å². The average molecular weight is 288 g/mol. The minimum Gasteiger partial charge on any atom is -0.480 e. The number of pyridine rings is 1. The van der Waals surface area contributed by atoms with Crippen LogP contribution in [0.2, 0.25) is 0 Å². The second-order valence-corrected chi connectivity index (χ2v) is 4.69. The molecule has 1 unspecified atom stereocenters. The number of carboxylic acid groups (broad SMARTS) is 1. The van der Waals surface area contributed by atoms with Gasteiger partial charge in [0.2, 0.25) is 5.91 Å². The van der Waals surface area contributed by atoms with E-state index in [1.54, 1.807) is 35.8 Å². The predicted octanol–water partition coefficient (Wildman–Crippen LogP) is 0.981. The fourth-order valence-corrected chi connectivity index (χ4v) is 2.13. The molecule has 0 aliphatic heterocycles. The van der Waals surface area contributed by atoms with Crippen molar-refractivity contribution in [2.24, 2.45) is 0 Å². The van der Waals surface area contributed by atoms with Gasteiger partial charge in [0, 0.05) is 17.6 Å². The third-order valence-corrected chi connectivity index (χ3v) is 3.24. The minimum atomic E-state index is -1.06. The van der Waals surface area contributed by atoms with Gasteiger partial charge in [0.05, 0.1) is 5.52 Å². The second-order valence-electron chi connectivity index (χ2n) is 4.69. The highest BCUT2D eigenvalue weighted by molar-refractivity contribution is 5.85. The van der Waals surface area contributed by atoms with Crippen LogP contribution in [-0.4, -0.2) is 27.6 Å². The van der Waals surface area contributed by atoms with Crippen LogP contribution >= 0.6 is 0 Å². The van der Waals surface area contributed by atoms with E-state index in [9.17, 15) is 14.4 Å². The van der Waals surface area contributed by atoms with Crippen molar-refractivity contribution in [2.45, 2.75) is 25.9 Å². The Labute approximate surface area is 121 Å². The number of para-hydroxylation sites is 1. The molecule has 1 amide bonds. The molecular weight excluding hydrogens is 272 g/mol. The van der Waals surface area contributed by atoms with Gasteiger partial charge in [-0.1, -0.05) is 19.1 Å². The van der Waals surface area contributed by atoms with Crippen molar-refractivity contribution in [1.29, 1.82) is 0 Å². The molecular formula is C15H16N2O4. The van der Waals surface area contributed by atoms with Crippen LogP contribution in [0, 0.1) is 0 Å². The summed E-state index contributed by atoms with van der Waals surface area (Å²) >= 11 is 0. The number of nitrogens with zero attached hydrogens (tertiary/aromatic N) is 1. The molecule has 2 rings (SSSR count). The Morgan fingerprint density at radius 1 is 1.29 bits per heavy atom. The van der Waals surface area contributed by atoms with E-state index in [2.05, 4.69) is 5.32 Å². The zero-order chi connectivity index (χ0) is 15.4. The number of carbonyl (C=O) groups is 2.